The van der Waals surface area contributed by atoms with Gasteiger partial charge < -0.3 is 10.3 Å². The van der Waals surface area contributed by atoms with Crippen LogP contribution >= 0.6 is 0 Å². The van der Waals surface area contributed by atoms with Crippen LogP contribution in [0.2, 0.25) is 0 Å². The molecule has 0 radical (unpaired) electrons. The summed E-state index contributed by atoms with van der Waals surface area (Å²) in [5, 5.41) is 21.4. The quantitative estimate of drug-likeness (QED) is 0.359. The van der Waals surface area contributed by atoms with Crippen LogP contribution in [-0.4, -0.2) is 20.1 Å². The molecule has 0 bridgehead atoms. The number of alkyl halides is 3. The van der Waals surface area contributed by atoms with Crippen molar-refractivity contribution >= 4 is 33.2 Å². The number of nitro benzene ring substituents is 1. The van der Waals surface area contributed by atoms with Gasteiger partial charge in [0, 0.05) is 39.8 Å². The maximum Gasteiger partial charge on any atom is 0.416 e. The van der Waals surface area contributed by atoms with Gasteiger partial charge in [0.05, 0.1) is 28.7 Å². The Labute approximate surface area is 149 Å². The standard InChI is InChI=1S/C17H12F3N5O2/c18-17(19,20)10-5-15(13-8-22-24-16(13)6-10)21-7-11-3-9-4-12(25(26)27)1-2-14(9)23-11/h1-6,8,21,23H,7H2,(H,22,24). The molecule has 2 heterocycles. The van der Waals surface area contributed by atoms with Crippen molar-refractivity contribution in [3.05, 3.63) is 64.0 Å². The SMILES string of the molecule is O=[N+]([O-])c1ccc2[nH]c(CNc3cc(C(F)(F)F)cc4[nH]ncc34)cc2c1. The molecule has 27 heavy (non-hydrogen) atoms. The van der Waals surface area contributed by atoms with Gasteiger partial charge >= 0.3 is 6.18 Å². The molecule has 2 aromatic heterocycles. The van der Waals surface area contributed by atoms with Gasteiger partial charge in [-0.2, -0.15) is 18.3 Å². The van der Waals surface area contributed by atoms with E-state index in [4.69, 9.17) is 0 Å². The second-order valence-corrected chi connectivity index (χ2v) is 6.03. The number of rotatable bonds is 4. The molecular formula is C17H12F3N5O2. The van der Waals surface area contributed by atoms with Crippen molar-refractivity contribution in [2.45, 2.75) is 12.7 Å². The Kier molecular flexibility index (Phi) is 3.76. The first-order chi connectivity index (χ1) is 12.8. The highest BCUT2D eigenvalue weighted by Crippen LogP contribution is 2.35. The second-order valence-electron chi connectivity index (χ2n) is 6.03. The van der Waals surface area contributed by atoms with Crippen LogP contribution < -0.4 is 5.32 Å². The lowest BCUT2D eigenvalue weighted by atomic mass is 10.1. The number of H-pyrrole nitrogens is 2. The number of nitro groups is 1. The Morgan fingerprint density at radius 1 is 1.15 bits per heavy atom. The summed E-state index contributed by atoms with van der Waals surface area (Å²) in [7, 11) is 0. The molecule has 138 valence electrons. The molecule has 0 aliphatic heterocycles. The van der Waals surface area contributed by atoms with Crippen LogP contribution in [0.25, 0.3) is 21.8 Å². The Bertz CT molecular complexity index is 1160. The minimum absolute atomic E-state index is 0.0287. The number of aromatic amines is 2. The smallest absolute Gasteiger partial charge is 0.379 e. The van der Waals surface area contributed by atoms with Crippen molar-refractivity contribution in [2.24, 2.45) is 0 Å². The predicted molar refractivity (Wildman–Crippen MR) is 93.4 cm³/mol. The fourth-order valence-electron chi connectivity index (χ4n) is 2.94. The van der Waals surface area contributed by atoms with Crippen molar-refractivity contribution in [1.29, 1.82) is 0 Å². The number of anilines is 1. The maximum absolute atomic E-state index is 13.1. The van der Waals surface area contributed by atoms with Gasteiger partial charge in [-0.15, -0.1) is 0 Å². The van der Waals surface area contributed by atoms with E-state index in [1.165, 1.54) is 18.3 Å². The molecule has 4 rings (SSSR count). The number of halogens is 3. The summed E-state index contributed by atoms with van der Waals surface area (Å²) in [6, 6.07) is 8.18. The zero-order valence-electron chi connectivity index (χ0n) is 13.6. The lowest BCUT2D eigenvalue weighted by Gasteiger charge is -2.11. The highest BCUT2D eigenvalue weighted by atomic mass is 19.4. The van der Waals surface area contributed by atoms with E-state index >= 15 is 0 Å². The van der Waals surface area contributed by atoms with Crippen LogP contribution in [0, 0.1) is 10.1 Å². The van der Waals surface area contributed by atoms with Gasteiger partial charge in [-0.25, -0.2) is 0 Å². The third kappa shape index (κ3) is 3.16. The highest BCUT2D eigenvalue weighted by Gasteiger charge is 2.31. The van der Waals surface area contributed by atoms with Crippen LogP contribution in [-0.2, 0) is 12.7 Å². The van der Waals surface area contributed by atoms with Crippen LogP contribution in [0.1, 0.15) is 11.3 Å². The van der Waals surface area contributed by atoms with Crippen LogP contribution in [0.3, 0.4) is 0 Å². The minimum atomic E-state index is -4.48. The van der Waals surface area contributed by atoms with E-state index in [-0.39, 0.29) is 17.7 Å². The number of nitrogens with one attached hydrogen (secondary N) is 3. The van der Waals surface area contributed by atoms with Gasteiger partial charge in [-0.1, -0.05) is 0 Å². The Morgan fingerprint density at radius 2 is 1.96 bits per heavy atom. The molecule has 0 unspecified atom stereocenters. The summed E-state index contributed by atoms with van der Waals surface area (Å²) >= 11 is 0. The predicted octanol–water partition coefficient (Wildman–Crippen LogP) is 4.58. The van der Waals surface area contributed by atoms with E-state index in [1.807, 2.05) is 0 Å². The third-order valence-corrected chi connectivity index (χ3v) is 4.23. The Balaban J connectivity index is 1.64. The van der Waals surface area contributed by atoms with Gasteiger partial charge in [0.15, 0.2) is 0 Å². The maximum atomic E-state index is 13.1. The number of fused-ring (bicyclic) bond motifs is 2. The lowest BCUT2D eigenvalue weighted by Crippen LogP contribution is -2.07. The van der Waals surface area contributed by atoms with E-state index in [9.17, 15) is 23.3 Å². The Hall–Kier alpha value is -3.56. The second kappa shape index (κ2) is 6.01. The number of hydrogen-bond acceptors (Lipinski definition) is 4. The minimum Gasteiger partial charge on any atom is -0.379 e. The first kappa shape index (κ1) is 16.9. The van der Waals surface area contributed by atoms with Crippen LogP contribution in [0.5, 0.6) is 0 Å². The monoisotopic (exact) mass is 375 g/mol. The molecular weight excluding hydrogens is 363 g/mol. The van der Waals surface area contributed by atoms with Crippen molar-refractivity contribution in [3.8, 4) is 0 Å². The normalized spacial score (nSPS) is 12.0. The largest absolute Gasteiger partial charge is 0.416 e. The van der Waals surface area contributed by atoms with Crippen molar-refractivity contribution < 1.29 is 18.1 Å². The van der Waals surface area contributed by atoms with E-state index in [2.05, 4.69) is 20.5 Å². The summed E-state index contributed by atoms with van der Waals surface area (Å²) in [5.74, 6) is 0. The molecule has 0 amide bonds. The molecule has 0 aliphatic rings. The van der Waals surface area contributed by atoms with Gasteiger partial charge in [0.1, 0.15) is 0 Å². The summed E-state index contributed by atoms with van der Waals surface area (Å²) in [4.78, 5) is 13.5. The molecule has 0 aliphatic carbocycles. The molecule has 10 heteroatoms. The Morgan fingerprint density at radius 3 is 2.70 bits per heavy atom. The lowest BCUT2D eigenvalue weighted by molar-refractivity contribution is -0.384. The van der Waals surface area contributed by atoms with Gasteiger partial charge in [0.25, 0.3) is 5.69 Å². The molecule has 0 saturated carbocycles. The molecule has 0 fully saturated rings. The summed E-state index contributed by atoms with van der Waals surface area (Å²) in [5.41, 5.74) is 1.14. The number of nitrogens with zero attached hydrogens (tertiary/aromatic N) is 2. The zero-order chi connectivity index (χ0) is 19.2. The molecule has 7 nitrogen and oxygen atoms in total. The van der Waals surface area contributed by atoms with Crippen molar-refractivity contribution in [3.63, 3.8) is 0 Å². The molecule has 0 spiro atoms. The third-order valence-electron chi connectivity index (χ3n) is 4.23. The van der Waals surface area contributed by atoms with E-state index in [0.717, 1.165) is 12.1 Å². The van der Waals surface area contributed by atoms with Gasteiger partial charge in [-0.3, -0.25) is 15.2 Å². The number of aromatic nitrogens is 3. The number of non-ortho nitro benzene ring substituents is 1. The number of benzene rings is 2. The molecule has 0 saturated heterocycles. The first-order valence-electron chi connectivity index (χ1n) is 7.85. The molecule has 4 aromatic rings. The average Bonchev–Trinajstić information content (AvgIpc) is 3.24. The molecule has 2 aromatic carbocycles. The highest BCUT2D eigenvalue weighted by molar-refractivity contribution is 5.92. The summed E-state index contributed by atoms with van der Waals surface area (Å²) < 4.78 is 39.3. The van der Waals surface area contributed by atoms with Gasteiger partial charge in [0.2, 0.25) is 0 Å². The van der Waals surface area contributed by atoms with Gasteiger partial charge in [-0.05, 0) is 24.3 Å². The number of hydrogen-bond donors (Lipinski definition) is 3. The van der Waals surface area contributed by atoms with E-state index in [0.29, 0.717) is 27.7 Å². The topological polar surface area (TPSA) is 99.6 Å². The zero-order valence-corrected chi connectivity index (χ0v) is 13.6. The van der Waals surface area contributed by atoms with Crippen molar-refractivity contribution in [1.82, 2.24) is 15.2 Å². The fourth-order valence-corrected chi connectivity index (χ4v) is 2.94. The van der Waals surface area contributed by atoms with E-state index < -0.39 is 16.7 Å². The van der Waals surface area contributed by atoms with Crippen molar-refractivity contribution in [2.75, 3.05) is 5.32 Å². The summed E-state index contributed by atoms with van der Waals surface area (Å²) in [6.07, 6.45) is -3.03. The van der Waals surface area contributed by atoms with Crippen LogP contribution in [0.4, 0.5) is 24.5 Å². The average molecular weight is 375 g/mol. The molecule has 0 atom stereocenters. The first-order valence-corrected chi connectivity index (χ1v) is 7.85. The summed E-state index contributed by atoms with van der Waals surface area (Å²) in [6.45, 7) is 0.212. The fraction of sp³-hybridized carbons (Fsp3) is 0.118. The molecule has 3 N–H and O–H groups in total. The van der Waals surface area contributed by atoms with Crippen LogP contribution in [0.15, 0.2) is 42.6 Å². The van der Waals surface area contributed by atoms with E-state index in [1.54, 1.807) is 12.1 Å².